The van der Waals surface area contributed by atoms with E-state index in [-0.39, 0.29) is 0 Å². The summed E-state index contributed by atoms with van der Waals surface area (Å²) in [6, 6.07) is -0.452. The van der Waals surface area contributed by atoms with Crippen molar-refractivity contribution in [2.75, 3.05) is 13.1 Å². The van der Waals surface area contributed by atoms with E-state index in [1.807, 2.05) is 0 Å². The molecule has 5 nitrogen and oxygen atoms in total. The van der Waals surface area contributed by atoms with Gasteiger partial charge in [-0.25, -0.2) is 8.42 Å². The van der Waals surface area contributed by atoms with Crippen molar-refractivity contribution in [3.63, 3.8) is 0 Å². The molecule has 0 saturated carbocycles. The molecule has 0 aromatic rings. The van der Waals surface area contributed by atoms with Crippen molar-refractivity contribution in [2.24, 2.45) is 11.5 Å². The molecule has 0 aromatic heterocycles. The van der Waals surface area contributed by atoms with E-state index in [4.69, 9.17) is 11.5 Å². The van der Waals surface area contributed by atoms with Crippen molar-refractivity contribution in [3.05, 3.63) is 23.1 Å². The molecule has 0 radical (unpaired) electrons. The van der Waals surface area contributed by atoms with Gasteiger partial charge in [-0.2, -0.15) is 4.31 Å². The lowest BCUT2D eigenvalue weighted by Gasteiger charge is -2.34. The number of sulfonamides is 1. The van der Waals surface area contributed by atoms with Crippen LogP contribution < -0.4 is 11.5 Å². The average molecular weight is 299 g/mol. The quantitative estimate of drug-likeness (QED) is 0.795. The fraction of sp³-hybridized carbons (Fsp3) is 0.714. The van der Waals surface area contributed by atoms with Gasteiger partial charge in [0.2, 0.25) is 10.0 Å². The van der Waals surface area contributed by atoms with Crippen LogP contribution in [-0.2, 0) is 10.0 Å². The molecule has 1 heterocycles. The summed E-state index contributed by atoms with van der Waals surface area (Å²) in [4.78, 5) is 0.296. The maximum atomic E-state index is 12.5. The first kappa shape index (κ1) is 15.7. The second-order valence-electron chi connectivity index (χ2n) is 5.76. The minimum atomic E-state index is -3.39. The molecule has 4 N–H and O–H groups in total. The third-order valence-corrected chi connectivity index (χ3v) is 6.10. The van der Waals surface area contributed by atoms with Crippen LogP contribution in [0.3, 0.4) is 0 Å². The van der Waals surface area contributed by atoms with Gasteiger partial charge in [0.15, 0.2) is 0 Å². The predicted octanol–water partition coefficient (Wildman–Crippen LogP) is 1.08. The molecular weight excluding hydrogens is 274 g/mol. The van der Waals surface area contributed by atoms with E-state index in [0.717, 1.165) is 32.1 Å². The second kappa shape index (κ2) is 5.97. The summed E-state index contributed by atoms with van der Waals surface area (Å²) in [5, 5.41) is 0. The highest BCUT2D eigenvalue weighted by atomic mass is 32.2. The molecule has 0 spiro atoms. The van der Waals surface area contributed by atoms with Gasteiger partial charge in [0.1, 0.15) is 0 Å². The summed E-state index contributed by atoms with van der Waals surface area (Å²) in [7, 11) is -3.39. The van der Waals surface area contributed by atoms with Gasteiger partial charge < -0.3 is 11.5 Å². The van der Waals surface area contributed by atoms with Crippen LogP contribution in [0.1, 0.15) is 39.0 Å². The Morgan fingerprint density at radius 3 is 2.60 bits per heavy atom. The molecule has 2 rings (SSSR count). The van der Waals surface area contributed by atoms with Crippen LogP contribution >= 0.6 is 0 Å². The Kier molecular flexibility index (Phi) is 4.69. The first-order valence-corrected chi connectivity index (χ1v) is 8.80. The predicted molar refractivity (Wildman–Crippen MR) is 81.4 cm³/mol. The molecule has 1 saturated heterocycles. The van der Waals surface area contributed by atoms with Crippen molar-refractivity contribution in [1.82, 2.24) is 4.31 Å². The Bertz CT molecular complexity index is 507. The highest BCUT2D eigenvalue weighted by molar-refractivity contribution is 7.93. The van der Waals surface area contributed by atoms with Crippen LogP contribution in [0.4, 0.5) is 0 Å². The summed E-state index contributed by atoms with van der Waals surface area (Å²) in [5.74, 6) is 0. The van der Waals surface area contributed by atoms with E-state index in [0.29, 0.717) is 18.0 Å². The lowest BCUT2D eigenvalue weighted by atomic mass is 9.83. The van der Waals surface area contributed by atoms with E-state index in [1.165, 1.54) is 4.31 Å². The highest BCUT2D eigenvalue weighted by Gasteiger charge is 2.35. The number of unbranched alkanes of at least 4 members (excludes halogenated alkanes) is 1. The van der Waals surface area contributed by atoms with Gasteiger partial charge in [-0.3, -0.25) is 0 Å². The van der Waals surface area contributed by atoms with Gasteiger partial charge in [-0.15, -0.1) is 0 Å². The SMILES string of the molecule is CCCCC1(N)C=CC(S(=O)(=O)N2CCCC2)=CC1N. The maximum Gasteiger partial charge on any atom is 0.242 e. The molecule has 20 heavy (non-hydrogen) atoms. The second-order valence-corrected chi connectivity index (χ2v) is 7.69. The average Bonchev–Trinajstić information content (AvgIpc) is 2.94. The third-order valence-electron chi connectivity index (χ3n) is 4.19. The zero-order chi connectivity index (χ0) is 14.8. The van der Waals surface area contributed by atoms with Crippen LogP contribution in [0.15, 0.2) is 23.1 Å². The van der Waals surface area contributed by atoms with Crippen LogP contribution in [-0.4, -0.2) is 37.4 Å². The molecule has 0 amide bonds. The molecule has 114 valence electrons. The van der Waals surface area contributed by atoms with Gasteiger partial charge in [0.25, 0.3) is 0 Å². The summed E-state index contributed by atoms with van der Waals surface area (Å²) in [6.45, 7) is 3.30. The molecule has 1 aliphatic carbocycles. The lowest BCUT2D eigenvalue weighted by Crippen LogP contribution is -2.54. The van der Waals surface area contributed by atoms with Crippen molar-refractivity contribution in [1.29, 1.82) is 0 Å². The number of hydrogen-bond acceptors (Lipinski definition) is 4. The Labute approximate surface area is 121 Å². The molecule has 2 aliphatic rings. The standard InChI is InChI=1S/C14H25N3O2S/c1-2-3-7-14(16)8-6-12(11-13(14)15)20(18,19)17-9-4-5-10-17/h6,8,11,13H,2-5,7,9-10,15-16H2,1H3. The highest BCUT2D eigenvalue weighted by Crippen LogP contribution is 2.28. The van der Waals surface area contributed by atoms with E-state index in [2.05, 4.69) is 6.92 Å². The Morgan fingerprint density at radius 1 is 1.40 bits per heavy atom. The van der Waals surface area contributed by atoms with Gasteiger partial charge >= 0.3 is 0 Å². The van der Waals surface area contributed by atoms with Gasteiger partial charge in [0.05, 0.1) is 10.4 Å². The van der Waals surface area contributed by atoms with Crippen LogP contribution in [0.2, 0.25) is 0 Å². The zero-order valence-electron chi connectivity index (χ0n) is 12.1. The van der Waals surface area contributed by atoms with Gasteiger partial charge in [0, 0.05) is 19.1 Å². The first-order chi connectivity index (χ1) is 9.40. The molecule has 2 unspecified atom stereocenters. The molecule has 1 aliphatic heterocycles. The van der Waals surface area contributed by atoms with E-state index in [9.17, 15) is 8.42 Å². The van der Waals surface area contributed by atoms with E-state index < -0.39 is 21.6 Å². The number of rotatable bonds is 5. The summed E-state index contributed by atoms with van der Waals surface area (Å²) in [6.07, 6.45) is 9.68. The van der Waals surface area contributed by atoms with Crippen molar-refractivity contribution >= 4 is 10.0 Å². The number of allylic oxidation sites excluding steroid dienone is 1. The van der Waals surface area contributed by atoms with Crippen molar-refractivity contribution in [2.45, 2.75) is 50.6 Å². The lowest BCUT2D eigenvalue weighted by molar-refractivity contribution is 0.419. The topological polar surface area (TPSA) is 89.4 Å². The molecule has 1 fully saturated rings. The first-order valence-electron chi connectivity index (χ1n) is 7.36. The summed E-state index contributed by atoms with van der Waals surface area (Å²) in [5.41, 5.74) is 11.8. The molecule has 2 atom stereocenters. The normalized spacial score (nSPS) is 31.6. The van der Waals surface area contributed by atoms with Crippen LogP contribution in [0.5, 0.6) is 0 Å². The van der Waals surface area contributed by atoms with Crippen molar-refractivity contribution < 1.29 is 8.42 Å². The largest absolute Gasteiger partial charge is 0.323 e. The Balaban J connectivity index is 2.17. The van der Waals surface area contributed by atoms with E-state index >= 15 is 0 Å². The van der Waals surface area contributed by atoms with Crippen molar-refractivity contribution in [3.8, 4) is 0 Å². The molecule has 6 heteroatoms. The van der Waals surface area contributed by atoms with Gasteiger partial charge in [-0.05, 0) is 31.4 Å². The maximum absolute atomic E-state index is 12.5. The summed E-state index contributed by atoms with van der Waals surface area (Å²) < 4.78 is 26.5. The minimum absolute atomic E-state index is 0.296. The smallest absolute Gasteiger partial charge is 0.242 e. The van der Waals surface area contributed by atoms with Crippen LogP contribution in [0.25, 0.3) is 0 Å². The number of hydrogen-bond donors (Lipinski definition) is 2. The Hall–Kier alpha value is -0.690. The van der Waals surface area contributed by atoms with Crippen LogP contribution in [0, 0.1) is 0 Å². The molecule has 0 bridgehead atoms. The fourth-order valence-electron chi connectivity index (χ4n) is 2.72. The monoisotopic (exact) mass is 299 g/mol. The third kappa shape index (κ3) is 2.98. The zero-order valence-corrected chi connectivity index (χ0v) is 12.9. The Morgan fingerprint density at radius 2 is 2.05 bits per heavy atom. The minimum Gasteiger partial charge on any atom is -0.323 e. The van der Waals surface area contributed by atoms with E-state index in [1.54, 1.807) is 18.2 Å². The number of nitrogens with two attached hydrogens (primary N) is 2. The molecular formula is C14H25N3O2S. The number of nitrogens with zero attached hydrogens (tertiary/aromatic N) is 1. The summed E-state index contributed by atoms with van der Waals surface area (Å²) >= 11 is 0. The van der Waals surface area contributed by atoms with Gasteiger partial charge in [-0.1, -0.05) is 25.8 Å². The fourth-order valence-corrected chi connectivity index (χ4v) is 4.31. The molecule has 0 aromatic carbocycles.